The fourth-order valence-corrected chi connectivity index (χ4v) is 2.93. The number of nitrogens with one attached hydrogen (secondary N) is 1. The molecule has 2 atom stereocenters. The molecule has 0 bridgehead atoms. The minimum absolute atomic E-state index is 0.0733. The normalized spacial score (nSPS) is 22.9. The van der Waals surface area contributed by atoms with Crippen molar-refractivity contribution >= 4 is 5.97 Å². The predicted octanol–water partition coefficient (Wildman–Crippen LogP) is 1.42. The highest BCUT2D eigenvalue weighted by atomic mass is 16.5. The summed E-state index contributed by atoms with van der Waals surface area (Å²) in [7, 11) is 3.78. The van der Waals surface area contributed by atoms with Crippen molar-refractivity contribution in [3.05, 3.63) is 0 Å². The lowest BCUT2D eigenvalue weighted by atomic mass is 9.91. The molecule has 1 N–H and O–H groups in total. The van der Waals surface area contributed by atoms with Crippen molar-refractivity contribution in [2.45, 2.75) is 57.2 Å². The molecule has 2 aliphatic rings. The average molecular weight is 298 g/mol. The van der Waals surface area contributed by atoms with E-state index in [9.17, 15) is 4.79 Å². The van der Waals surface area contributed by atoms with Gasteiger partial charge in [-0.15, -0.1) is 0 Å². The van der Waals surface area contributed by atoms with Crippen molar-refractivity contribution in [1.29, 1.82) is 0 Å². The second-order valence-electron chi connectivity index (χ2n) is 6.60. The summed E-state index contributed by atoms with van der Waals surface area (Å²) in [6, 6.07) is 0.768. The van der Waals surface area contributed by atoms with E-state index in [2.05, 4.69) is 24.2 Å². The zero-order valence-electron chi connectivity index (χ0n) is 13.9. The van der Waals surface area contributed by atoms with Gasteiger partial charge in [0.25, 0.3) is 0 Å². The van der Waals surface area contributed by atoms with Crippen LogP contribution in [0.15, 0.2) is 0 Å². The van der Waals surface area contributed by atoms with Crippen molar-refractivity contribution in [3.63, 3.8) is 0 Å². The van der Waals surface area contributed by atoms with Crippen LogP contribution in [0.4, 0.5) is 0 Å². The van der Waals surface area contributed by atoms with Gasteiger partial charge in [0, 0.05) is 25.7 Å². The second-order valence-corrected chi connectivity index (χ2v) is 6.60. The molecule has 0 saturated heterocycles. The highest BCUT2D eigenvalue weighted by molar-refractivity contribution is 5.82. The highest BCUT2D eigenvalue weighted by Crippen LogP contribution is 2.43. The van der Waals surface area contributed by atoms with E-state index in [0.29, 0.717) is 31.7 Å². The minimum Gasteiger partial charge on any atom is -0.465 e. The molecule has 0 spiro atoms. The molecule has 2 fully saturated rings. The first-order valence-electron chi connectivity index (χ1n) is 8.17. The Morgan fingerprint density at radius 2 is 2.05 bits per heavy atom. The second kappa shape index (κ2) is 7.07. The Balaban J connectivity index is 2.10. The first kappa shape index (κ1) is 16.7. The highest BCUT2D eigenvalue weighted by Gasteiger charge is 2.54. The van der Waals surface area contributed by atoms with Gasteiger partial charge in [-0.05, 0) is 52.5 Å². The number of hydrogen-bond donors (Lipinski definition) is 1. The summed E-state index contributed by atoms with van der Waals surface area (Å²) >= 11 is 0. The van der Waals surface area contributed by atoms with Crippen LogP contribution in [0.3, 0.4) is 0 Å². The first-order chi connectivity index (χ1) is 10.0. The quantitative estimate of drug-likeness (QED) is 0.618. The number of carbonyl (C=O) groups excluding carboxylic acids is 1. The fourth-order valence-electron chi connectivity index (χ4n) is 2.93. The fraction of sp³-hybridized carbons (Fsp3) is 0.938. The molecule has 2 rings (SSSR count). The van der Waals surface area contributed by atoms with Crippen LogP contribution < -0.4 is 5.32 Å². The van der Waals surface area contributed by atoms with E-state index in [4.69, 9.17) is 9.47 Å². The summed E-state index contributed by atoms with van der Waals surface area (Å²) in [5, 5.41) is 3.62. The van der Waals surface area contributed by atoms with Crippen molar-refractivity contribution in [2.75, 3.05) is 33.9 Å². The van der Waals surface area contributed by atoms with E-state index in [0.717, 1.165) is 12.8 Å². The van der Waals surface area contributed by atoms with Gasteiger partial charge < -0.3 is 9.47 Å². The predicted molar refractivity (Wildman–Crippen MR) is 82.2 cm³/mol. The molecule has 2 saturated carbocycles. The number of rotatable bonds is 10. The number of carbonyl (C=O) groups is 1. The van der Waals surface area contributed by atoms with Gasteiger partial charge in [0.2, 0.25) is 0 Å². The monoisotopic (exact) mass is 298 g/mol. The Hall–Kier alpha value is -0.650. The zero-order chi connectivity index (χ0) is 15.5. The largest absolute Gasteiger partial charge is 0.465 e. The molecule has 122 valence electrons. The summed E-state index contributed by atoms with van der Waals surface area (Å²) in [5.74, 6) is 0.338. The molecule has 0 radical (unpaired) electrons. The lowest BCUT2D eigenvalue weighted by molar-refractivity contribution is -0.153. The maximum Gasteiger partial charge on any atom is 0.327 e. The van der Waals surface area contributed by atoms with E-state index in [1.807, 2.05) is 6.92 Å². The van der Waals surface area contributed by atoms with E-state index < -0.39 is 5.54 Å². The number of methoxy groups -OCH3 is 1. The van der Waals surface area contributed by atoms with Gasteiger partial charge in [-0.1, -0.05) is 0 Å². The van der Waals surface area contributed by atoms with Crippen LogP contribution in [0.5, 0.6) is 0 Å². The van der Waals surface area contributed by atoms with Gasteiger partial charge in [0.15, 0.2) is 0 Å². The van der Waals surface area contributed by atoms with Crippen LogP contribution in [0, 0.1) is 5.92 Å². The van der Waals surface area contributed by atoms with Gasteiger partial charge in [0.05, 0.1) is 13.2 Å². The van der Waals surface area contributed by atoms with E-state index in [1.165, 1.54) is 12.8 Å². The third-order valence-corrected chi connectivity index (χ3v) is 4.61. The molecular formula is C16H30N2O3. The number of ether oxygens (including phenoxy) is 2. The molecule has 0 aromatic rings. The lowest BCUT2D eigenvalue weighted by Gasteiger charge is -2.38. The third-order valence-electron chi connectivity index (χ3n) is 4.61. The van der Waals surface area contributed by atoms with Crippen molar-refractivity contribution in [2.24, 2.45) is 5.92 Å². The SMILES string of the molecule is CCOC(=O)C(CN(C)C(C)COC)(NC1CC1)C1CC1. The molecule has 5 heteroatoms. The maximum absolute atomic E-state index is 12.7. The molecule has 0 aliphatic heterocycles. The van der Waals surface area contributed by atoms with Crippen molar-refractivity contribution in [3.8, 4) is 0 Å². The van der Waals surface area contributed by atoms with E-state index >= 15 is 0 Å². The summed E-state index contributed by atoms with van der Waals surface area (Å²) < 4.78 is 10.7. The Morgan fingerprint density at radius 3 is 2.52 bits per heavy atom. The smallest absolute Gasteiger partial charge is 0.327 e. The van der Waals surface area contributed by atoms with Crippen molar-refractivity contribution in [1.82, 2.24) is 10.2 Å². The van der Waals surface area contributed by atoms with Gasteiger partial charge in [0.1, 0.15) is 5.54 Å². The molecule has 0 aromatic heterocycles. The van der Waals surface area contributed by atoms with Gasteiger partial charge in [-0.2, -0.15) is 0 Å². The zero-order valence-corrected chi connectivity index (χ0v) is 13.9. The molecule has 5 nitrogen and oxygen atoms in total. The van der Waals surface area contributed by atoms with Gasteiger partial charge >= 0.3 is 5.97 Å². The molecule has 0 aromatic carbocycles. The molecular weight excluding hydrogens is 268 g/mol. The third kappa shape index (κ3) is 4.18. The van der Waals surface area contributed by atoms with Crippen molar-refractivity contribution < 1.29 is 14.3 Å². The average Bonchev–Trinajstić information content (AvgIpc) is 3.31. The van der Waals surface area contributed by atoms with Gasteiger partial charge in [-0.25, -0.2) is 4.79 Å². The molecule has 0 amide bonds. The van der Waals surface area contributed by atoms with Gasteiger partial charge in [-0.3, -0.25) is 10.2 Å². The standard InChI is InChI=1S/C16H30N2O3/c1-5-21-15(19)16(13-6-7-13,17-14-8-9-14)11-18(3)12(2)10-20-4/h12-14,17H,5-11H2,1-4H3. The Morgan fingerprint density at radius 1 is 1.38 bits per heavy atom. The van der Waals surface area contributed by atoms with E-state index in [1.54, 1.807) is 7.11 Å². The van der Waals surface area contributed by atoms with Crippen LogP contribution in [-0.4, -0.2) is 62.4 Å². The number of nitrogens with zero attached hydrogens (tertiary/aromatic N) is 1. The van der Waals surface area contributed by atoms with Crippen LogP contribution in [0.1, 0.15) is 39.5 Å². The summed E-state index contributed by atoms with van der Waals surface area (Å²) in [6.07, 6.45) is 4.58. The molecule has 2 aliphatic carbocycles. The number of esters is 1. The van der Waals surface area contributed by atoms with E-state index in [-0.39, 0.29) is 12.0 Å². The minimum atomic E-state index is -0.534. The first-order valence-corrected chi connectivity index (χ1v) is 8.17. The Kier molecular flexibility index (Phi) is 5.63. The Labute approximate surface area is 128 Å². The van der Waals surface area contributed by atoms with Crippen LogP contribution in [0.2, 0.25) is 0 Å². The number of likely N-dealkylation sites (N-methyl/N-ethyl adjacent to an activating group) is 1. The summed E-state index contributed by atoms with van der Waals surface area (Å²) in [4.78, 5) is 14.9. The molecule has 0 heterocycles. The number of hydrogen-bond acceptors (Lipinski definition) is 5. The summed E-state index contributed by atoms with van der Waals surface area (Å²) in [5.41, 5.74) is -0.534. The van der Waals surface area contributed by atoms with Crippen LogP contribution in [-0.2, 0) is 14.3 Å². The lowest BCUT2D eigenvalue weighted by Crippen LogP contribution is -2.62. The van der Waals surface area contributed by atoms with Crippen LogP contribution >= 0.6 is 0 Å². The maximum atomic E-state index is 12.7. The summed E-state index contributed by atoms with van der Waals surface area (Å²) in [6.45, 7) is 5.81. The van der Waals surface area contributed by atoms with Crippen LogP contribution in [0.25, 0.3) is 0 Å². The topological polar surface area (TPSA) is 50.8 Å². The molecule has 2 unspecified atom stereocenters. The molecule has 21 heavy (non-hydrogen) atoms. The Bertz CT molecular complexity index is 355.